The third-order valence-corrected chi connectivity index (χ3v) is 5.43. The lowest BCUT2D eigenvalue weighted by molar-refractivity contribution is 0.105. The van der Waals surface area contributed by atoms with E-state index in [-0.39, 0.29) is 5.92 Å². The lowest BCUT2D eigenvalue weighted by Crippen LogP contribution is -2.47. The molecule has 0 saturated carbocycles. The molecular weight excluding hydrogens is 312 g/mol. The number of carboxylic acid groups (broad SMARTS) is 1. The van der Waals surface area contributed by atoms with Crippen molar-refractivity contribution in [3.63, 3.8) is 0 Å². The molecule has 1 aromatic heterocycles. The molecule has 1 fully saturated rings. The number of aryl methyl sites for hydroxylation is 1. The van der Waals surface area contributed by atoms with Gasteiger partial charge in [-0.05, 0) is 48.7 Å². The van der Waals surface area contributed by atoms with E-state index in [1.54, 1.807) is 0 Å². The number of H-pyrrole nitrogens is 1. The van der Waals surface area contributed by atoms with Crippen molar-refractivity contribution in [2.75, 3.05) is 13.1 Å². The topological polar surface area (TPSA) is 56.3 Å². The summed E-state index contributed by atoms with van der Waals surface area (Å²) in [7, 11) is 0. The molecule has 3 aromatic rings. The standard InChI is InChI=1S/C18H17ClN2O2/c1-9-10(2)17-13-5-11(12-7-21(8-12)18(22)23)3-4-15(13)20-16(17)6-14(9)19/h3-6,12,20H,7-8H2,1-2H3,(H,22,23). The summed E-state index contributed by atoms with van der Waals surface area (Å²) in [6, 6.07) is 8.34. The maximum atomic E-state index is 10.9. The first kappa shape index (κ1) is 14.4. The summed E-state index contributed by atoms with van der Waals surface area (Å²) in [4.78, 5) is 15.8. The Hall–Kier alpha value is -2.20. The number of aromatic amines is 1. The van der Waals surface area contributed by atoms with E-state index in [9.17, 15) is 4.79 Å². The van der Waals surface area contributed by atoms with Crippen LogP contribution in [-0.2, 0) is 0 Å². The van der Waals surface area contributed by atoms with Gasteiger partial charge in [-0.2, -0.15) is 0 Å². The van der Waals surface area contributed by atoms with Gasteiger partial charge in [0, 0.05) is 45.8 Å². The summed E-state index contributed by atoms with van der Waals surface area (Å²) in [5.41, 5.74) is 5.62. The zero-order chi connectivity index (χ0) is 16.3. The largest absolute Gasteiger partial charge is 0.465 e. The van der Waals surface area contributed by atoms with Crippen molar-refractivity contribution in [3.05, 3.63) is 46.0 Å². The highest BCUT2D eigenvalue weighted by molar-refractivity contribution is 6.32. The summed E-state index contributed by atoms with van der Waals surface area (Å²) < 4.78 is 0. The molecule has 4 rings (SSSR count). The van der Waals surface area contributed by atoms with Gasteiger partial charge in [0.2, 0.25) is 0 Å². The molecule has 23 heavy (non-hydrogen) atoms. The van der Waals surface area contributed by atoms with Crippen molar-refractivity contribution >= 4 is 39.5 Å². The van der Waals surface area contributed by atoms with Gasteiger partial charge >= 0.3 is 6.09 Å². The maximum Gasteiger partial charge on any atom is 0.407 e. The molecule has 2 heterocycles. The normalized spacial score (nSPS) is 15.3. The Balaban J connectivity index is 1.84. The Morgan fingerprint density at radius 1 is 1.22 bits per heavy atom. The molecule has 2 aromatic carbocycles. The van der Waals surface area contributed by atoms with E-state index in [4.69, 9.17) is 16.7 Å². The predicted molar refractivity (Wildman–Crippen MR) is 92.6 cm³/mol. The van der Waals surface area contributed by atoms with E-state index in [0.29, 0.717) is 13.1 Å². The van der Waals surface area contributed by atoms with E-state index < -0.39 is 6.09 Å². The van der Waals surface area contributed by atoms with Crippen molar-refractivity contribution < 1.29 is 9.90 Å². The van der Waals surface area contributed by atoms with Crippen LogP contribution in [0.4, 0.5) is 4.79 Å². The molecule has 2 N–H and O–H groups in total. The SMILES string of the molecule is Cc1c(Cl)cc2[nH]c3ccc(C4CN(C(=O)O)C4)cc3c2c1C. The second-order valence-corrected chi connectivity index (χ2v) is 6.75. The average molecular weight is 329 g/mol. The quantitative estimate of drug-likeness (QED) is 0.682. The van der Waals surface area contributed by atoms with Crippen LogP contribution in [0.3, 0.4) is 0 Å². The van der Waals surface area contributed by atoms with Gasteiger partial charge in [0.25, 0.3) is 0 Å². The zero-order valence-electron chi connectivity index (χ0n) is 13.0. The van der Waals surface area contributed by atoms with E-state index in [0.717, 1.165) is 21.6 Å². The molecule has 4 nitrogen and oxygen atoms in total. The number of halogens is 1. The van der Waals surface area contributed by atoms with Gasteiger partial charge < -0.3 is 15.0 Å². The summed E-state index contributed by atoms with van der Waals surface area (Å²) in [5.74, 6) is 0.286. The third-order valence-electron chi connectivity index (χ3n) is 5.04. The van der Waals surface area contributed by atoms with Crippen LogP contribution in [0.5, 0.6) is 0 Å². The number of hydrogen-bond acceptors (Lipinski definition) is 1. The van der Waals surface area contributed by atoms with E-state index in [2.05, 4.69) is 30.1 Å². The Kier molecular flexibility index (Phi) is 3.07. The number of nitrogens with one attached hydrogen (secondary N) is 1. The van der Waals surface area contributed by atoms with Crippen molar-refractivity contribution in [2.24, 2.45) is 0 Å². The van der Waals surface area contributed by atoms with Crippen molar-refractivity contribution in [1.82, 2.24) is 9.88 Å². The molecule has 5 heteroatoms. The lowest BCUT2D eigenvalue weighted by atomic mass is 9.90. The van der Waals surface area contributed by atoms with Gasteiger partial charge in [-0.25, -0.2) is 4.79 Å². The smallest absolute Gasteiger partial charge is 0.407 e. The Labute approximate surface area is 138 Å². The molecule has 0 atom stereocenters. The molecule has 0 bridgehead atoms. The van der Waals surface area contributed by atoms with Gasteiger partial charge in [-0.3, -0.25) is 0 Å². The molecule has 0 aliphatic carbocycles. The number of amides is 1. The first-order valence-corrected chi connectivity index (χ1v) is 8.02. The number of hydrogen-bond donors (Lipinski definition) is 2. The number of rotatable bonds is 1. The van der Waals surface area contributed by atoms with E-state index >= 15 is 0 Å². The highest BCUT2D eigenvalue weighted by atomic mass is 35.5. The molecule has 1 aliphatic heterocycles. The number of benzene rings is 2. The molecule has 0 radical (unpaired) electrons. The highest BCUT2D eigenvalue weighted by Gasteiger charge is 2.31. The summed E-state index contributed by atoms with van der Waals surface area (Å²) in [6.07, 6.45) is -0.837. The van der Waals surface area contributed by atoms with Gasteiger partial charge in [0.1, 0.15) is 0 Å². The van der Waals surface area contributed by atoms with Crippen molar-refractivity contribution in [1.29, 1.82) is 0 Å². The molecule has 1 amide bonds. The Bertz CT molecular complexity index is 955. The van der Waals surface area contributed by atoms with Crippen molar-refractivity contribution in [3.8, 4) is 0 Å². The zero-order valence-corrected chi connectivity index (χ0v) is 13.7. The molecule has 0 unspecified atom stereocenters. The van der Waals surface area contributed by atoms with Crippen LogP contribution in [-0.4, -0.2) is 34.2 Å². The Morgan fingerprint density at radius 2 is 1.96 bits per heavy atom. The number of nitrogens with zero attached hydrogens (tertiary/aromatic N) is 1. The first-order chi connectivity index (χ1) is 11.0. The second kappa shape index (κ2) is 4.90. The number of carbonyl (C=O) groups is 1. The summed E-state index contributed by atoms with van der Waals surface area (Å²) in [5, 5.41) is 12.1. The van der Waals surface area contributed by atoms with Crippen LogP contribution >= 0.6 is 11.6 Å². The third kappa shape index (κ3) is 2.09. The molecule has 1 saturated heterocycles. The number of fused-ring (bicyclic) bond motifs is 3. The minimum atomic E-state index is -0.837. The minimum absolute atomic E-state index is 0.286. The number of likely N-dealkylation sites (tertiary alicyclic amines) is 1. The molecule has 1 aliphatic rings. The van der Waals surface area contributed by atoms with E-state index in [1.807, 2.05) is 13.0 Å². The predicted octanol–water partition coefficient (Wildman–Crippen LogP) is 4.67. The first-order valence-electron chi connectivity index (χ1n) is 7.64. The molecular formula is C18H17ClN2O2. The minimum Gasteiger partial charge on any atom is -0.465 e. The van der Waals surface area contributed by atoms with Crippen LogP contribution in [0, 0.1) is 13.8 Å². The maximum absolute atomic E-state index is 10.9. The summed E-state index contributed by atoms with van der Waals surface area (Å²) in [6.45, 7) is 5.29. The average Bonchev–Trinajstić information content (AvgIpc) is 2.80. The van der Waals surface area contributed by atoms with Crippen LogP contribution < -0.4 is 0 Å². The Morgan fingerprint density at radius 3 is 2.65 bits per heavy atom. The summed E-state index contributed by atoms with van der Waals surface area (Å²) >= 11 is 6.30. The van der Waals surface area contributed by atoms with Gasteiger partial charge in [-0.15, -0.1) is 0 Å². The van der Waals surface area contributed by atoms with Crippen molar-refractivity contribution in [2.45, 2.75) is 19.8 Å². The lowest BCUT2D eigenvalue weighted by Gasteiger charge is -2.37. The fraction of sp³-hybridized carbons (Fsp3) is 0.278. The second-order valence-electron chi connectivity index (χ2n) is 6.35. The van der Waals surface area contributed by atoms with Crippen LogP contribution in [0.1, 0.15) is 22.6 Å². The van der Waals surface area contributed by atoms with Crippen LogP contribution in [0.15, 0.2) is 24.3 Å². The molecule has 118 valence electrons. The fourth-order valence-corrected chi connectivity index (χ4v) is 3.69. The fourth-order valence-electron chi connectivity index (χ4n) is 3.44. The van der Waals surface area contributed by atoms with Crippen LogP contribution in [0.2, 0.25) is 5.02 Å². The highest BCUT2D eigenvalue weighted by Crippen LogP contribution is 2.36. The molecule has 0 spiro atoms. The number of aromatic nitrogens is 1. The van der Waals surface area contributed by atoms with Gasteiger partial charge in [0.05, 0.1) is 0 Å². The monoisotopic (exact) mass is 328 g/mol. The van der Waals surface area contributed by atoms with Gasteiger partial charge in [0.15, 0.2) is 0 Å². The van der Waals surface area contributed by atoms with Crippen LogP contribution in [0.25, 0.3) is 21.8 Å². The van der Waals surface area contributed by atoms with Gasteiger partial charge in [-0.1, -0.05) is 17.7 Å². The van der Waals surface area contributed by atoms with E-state index in [1.165, 1.54) is 26.8 Å².